The number of aryl methyl sites for hydroxylation is 1. The van der Waals surface area contributed by atoms with Crippen molar-refractivity contribution in [2.75, 3.05) is 32.3 Å². The van der Waals surface area contributed by atoms with Gasteiger partial charge in [0.25, 0.3) is 5.91 Å². The Morgan fingerprint density at radius 2 is 1.84 bits per heavy atom. The minimum Gasteiger partial charge on any atom is -0.493 e. The number of rotatable bonds is 6. The number of ether oxygens (including phenoxy) is 3. The number of nitrogens with zero attached hydrogens (tertiary/aromatic N) is 1. The van der Waals surface area contributed by atoms with Crippen LogP contribution in [0.1, 0.15) is 47.7 Å². The molecule has 3 rings (SSSR count). The van der Waals surface area contributed by atoms with E-state index < -0.39 is 11.9 Å². The summed E-state index contributed by atoms with van der Waals surface area (Å²) in [5, 5.41) is 2.90. The molecule has 0 radical (unpaired) electrons. The Morgan fingerprint density at radius 3 is 2.47 bits per heavy atom. The van der Waals surface area contributed by atoms with E-state index >= 15 is 0 Å². The van der Waals surface area contributed by atoms with E-state index in [1.807, 2.05) is 13.0 Å². The van der Waals surface area contributed by atoms with Crippen LogP contribution in [0.4, 0.5) is 14.9 Å². The highest BCUT2D eigenvalue weighted by molar-refractivity contribution is 5.94. The van der Waals surface area contributed by atoms with Gasteiger partial charge >= 0.3 is 6.09 Å². The Bertz CT molecular complexity index is 1010. The number of carbonyl (C=O) groups excluding carboxylic acids is 2. The van der Waals surface area contributed by atoms with Crippen LogP contribution in [0.5, 0.6) is 11.5 Å². The molecule has 0 aromatic heterocycles. The second kappa shape index (κ2) is 9.89. The maximum atomic E-state index is 13.9. The van der Waals surface area contributed by atoms with Gasteiger partial charge in [0.15, 0.2) is 11.5 Å². The van der Waals surface area contributed by atoms with E-state index in [1.54, 1.807) is 44.1 Å². The zero-order valence-electron chi connectivity index (χ0n) is 19.0. The lowest BCUT2D eigenvalue weighted by molar-refractivity contribution is 0.0949. The number of carbonyl (C=O) groups is 2. The molecule has 0 saturated heterocycles. The number of fused-ring (bicyclic) bond motifs is 1. The molecular weight excluding hydrogens is 415 g/mol. The molecular formula is C24H29FN2O5. The Balaban J connectivity index is 1.91. The first kappa shape index (κ1) is 23.4. The maximum absolute atomic E-state index is 13.9. The number of halogens is 1. The van der Waals surface area contributed by atoms with E-state index in [2.05, 4.69) is 5.32 Å². The number of anilines is 1. The van der Waals surface area contributed by atoms with Gasteiger partial charge in [-0.25, -0.2) is 9.18 Å². The maximum Gasteiger partial charge on any atom is 0.414 e. The molecule has 2 aromatic rings. The van der Waals surface area contributed by atoms with Crippen LogP contribution in [0.2, 0.25) is 0 Å². The molecule has 172 valence electrons. The molecule has 0 spiro atoms. The topological polar surface area (TPSA) is 77.1 Å². The second-order valence-electron chi connectivity index (χ2n) is 7.79. The highest BCUT2D eigenvalue weighted by atomic mass is 19.1. The lowest BCUT2D eigenvalue weighted by Crippen LogP contribution is -2.45. The Hall–Kier alpha value is -3.29. The molecule has 1 aliphatic heterocycles. The molecule has 2 atom stereocenters. The lowest BCUT2D eigenvalue weighted by atomic mass is 9.85. The first-order chi connectivity index (χ1) is 15.3. The van der Waals surface area contributed by atoms with Gasteiger partial charge < -0.3 is 19.5 Å². The van der Waals surface area contributed by atoms with E-state index in [0.29, 0.717) is 35.7 Å². The van der Waals surface area contributed by atoms with E-state index in [9.17, 15) is 14.0 Å². The second-order valence-corrected chi connectivity index (χ2v) is 7.79. The fraction of sp³-hybridized carbons (Fsp3) is 0.417. The minimum absolute atomic E-state index is 0.0928. The molecule has 7 nitrogen and oxygen atoms in total. The molecule has 0 fully saturated rings. The number of hydrogen-bond donors (Lipinski definition) is 1. The van der Waals surface area contributed by atoms with Crippen LogP contribution in [0.3, 0.4) is 0 Å². The normalized spacial score (nSPS) is 17.4. The summed E-state index contributed by atoms with van der Waals surface area (Å²) in [4.78, 5) is 26.9. The largest absolute Gasteiger partial charge is 0.493 e. The SMILES string of the molecule is CCOC(=O)N1c2cc(OC)c(OC)cc2C(CNC(=O)c2ccc(C)c(F)c2)CC1C. The number of methoxy groups -OCH3 is 2. The first-order valence-corrected chi connectivity index (χ1v) is 10.6. The van der Waals surface area contributed by atoms with E-state index in [-0.39, 0.29) is 30.0 Å². The predicted octanol–water partition coefficient (Wildman–Crippen LogP) is 4.42. The van der Waals surface area contributed by atoms with Crippen LogP contribution in [0.25, 0.3) is 0 Å². The summed E-state index contributed by atoms with van der Waals surface area (Å²) in [7, 11) is 3.07. The van der Waals surface area contributed by atoms with Crippen LogP contribution in [-0.2, 0) is 4.74 Å². The quantitative estimate of drug-likeness (QED) is 0.714. The lowest BCUT2D eigenvalue weighted by Gasteiger charge is -2.39. The van der Waals surface area contributed by atoms with Crippen LogP contribution in [0.15, 0.2) is 30.3 Å². The van der Waals surface area contributed by atoms with Crippen LogP contribution < -0.4 is 19.7 Å². The average molecular weight is 445 g/mol. The number of amides is 2. The zero-order chi connectivity index (χ0) is 23.4. The van der Waals surface area contributed by atoms with Gasteiger partial charge in [0.1, 0.15) is 5.82 Å². The summed E-state index contributed by atoms with van der Waals surface area (Å²) in [6, 6.07) is 7.83. The minimum atomic E-state index is -0.439. The van der Waals surface area contributed by atoms with Gasteiger partial charge in [-0.3, -0.25) is 9.69 Å². The fourth-order valence-corrected chi connectivity index (χ4v) is 4.02. The van der Waals surface area contributed by atoms with Gasteiger partial charge in [-0.15, -0.1) is 0 Å². The standard InChI is InChI=1S/C24H29FN2O5/c1-6-32-24(29)27-15(3)9-17(18-11-21(30-4)22(31-5)12-20(18)27)13-26-23(28)16-8-7-14(2)19(25)10-16/h7-8,10-12,15,17H,6,9,13H2,1-5H3,(H,26,28). The van der Waals surface area contributed by atoms with Crippen molar-refractivity contribution in [3.8, 4) is 11.5 Å². The summed E-state index contributed by atoms with van der Waals surface area (Å²) >= 11 is 0. The first-order valence-electron chi connectivity index (χ1n) is 10.6. The molecule has 1 N–H and O–H groups in total. The zero-order valence-corrected chi connectivity index (χ0v) is 19.0. The summed E-state index contributed by atoms with van der Waals surface area (Å²) < 4.78 is 30.0. The Morgan fingerprint density at radius 1 is 1.16 bits per heavy atom. The highest BCUT2D eigenvalue weighted by Gasteiger charge is 2.36. The molecule has 1 aliphatic rings. The molecule has 2 amide bonds. The predicted molar refractivity (Wildman–Crippen MR) is 119 cm³/mol. The van der Waals surface area contributed by atoms with Crippen molar-refractivity contribution in [3.63, 3.8) is 0 Å². The fourth-order valence-electron chi connectivity index (χ4n) is 4.02. The van der Waals surface area contributed by atoms with Crippen molar-refractivity contribution in [1.82, 2.24) is 5.32 Å². The third-order valence-corrected chi connectivity index (χ3v) is 5.71. The number of hydrogen-bond acceptors (Lipinski definition) is 5. The molecule has 1 heterocycles. The molecule has 2 aromatic carbocycles. The van der Waals surface area contributed by atoms with Gasteiger partial charge in [0.05, 0.1) is 26.5 Å². The Kier molecular flexibility index (Phi) is 7.22. The van der Waals surface area contributed by atoms with Gasteiger partial charge in [0.2, 0.25) is 0 Å². The third kappa shape index (κ3) is 4.64. The van der Waals surface area contributed by atoms with Crippen molar-refractivity contribution >= 4 is 17.7 Å². The smallest absolute Gasteiger partial charge is 0.414 e. The van der Waals surface area contributed by atoms with E-state index in [0.717, 1.165) is 5.56 Å². The molecule has 0 bridgehead atoms. The summed E-state index contributed by atoms with van der Waals surface area (Å²) in [6.07, 6.45) is 0.162. The molecule has 2 unspecified atom stereocenters. The summed E-state index contributed by atoms with van der Waals surface area (Å²) in [6.45, 7) is 5.92. The van der Waals surface area contributed by atoms with Gasteiger partial charge in [0, 0.05) is 30.1 Å². The monoisotopic (exact) mass is 444 g/mol. The van der Waals surface area contributed by atoms with E-state index in [1.165, 1.54) is 13.2 Å². The van der Waals surface area contributed by atoms with Crippen molar-refractivity contribution in [3.05, 3.63) is 52.8 Å². The van der Waals surface area contributed by atoms with Crippen LogP contribution >= 0.6 is 0 Å². The van der Waals surface area contributed by atoms with Crippen molar-refractivity contribution in [1.29, 1.82) is 0 Å². The summed E-state index contributed by atoms with van der Waals surface area (Å²) in [5.41, 5.74) is 2.24. The third-order valence-electron chi connectivity index (χ3n) is 5.71. The average Bonchev–Trinajstić information content (AvgIpc) is 2.78. The van der Waals surface area contributed by atoms with Crippen molar-refractivity contribution in [2.24, 2.45) is 0 Å². The van der Waals surface area contributed by atoms with Gasteiger partial charge in [-0.2, -0.15) is 0 Å². The summed E-state index contributed by atoms with van der Waals surface area (Å²) in [5.74, 6) is 0.154. The van der Waals surface area contributed by atoms with E-state index in [4.69, 9.17) is 14.2 Å². The van der Waals surface area contributed by atoms with Crippen molar-refractivity contribution < 1.29 is 28.2 Å². The van der Waals surface area contributed by atoms with Crippen molar-refractivity contribution in [2.45, 2.75) is 39.2 Å². The van der Waals surface area contributed by atoms with Crippen LogP contribution in [0, 0.1) is 12.7 Å². The van der Waals surface area contributed by atoms with Gasteiger partial charge in [-0.05, 0) is 56.5 Å². The number of benzene rings is 2. The van der Waals surface area contributed by atoms with Crippen LogP contribution in [-0.4, -0.2) is 45.4 Å². The molecule has 32 heavy (non-hydrogen) atoms. The molecule has 0 saturated carbocycles. The molecule has 0 aliphatic carbocycles. The number of nitrogens with one attached hydrogen (secondary N) is 1. The molecule has 8 heteroatoms. The highest BCUT2D eigenvalue weighted by Crippen LogP contribution is 2.44. The van der Waals surface area contributed by atoms with Gasteiger partial charge in [-0.1, -0.05) is 6.07 Å². The Labute approximate surface area is 187 Å².